The number of esters is 1. The van der Waals surface area contributed by atoms with Crippen LogP contribution in [0.25, 0.3) is 21.5 Å². The summed E-state index contributed by atoms with van der Waals surface area (Å²) in [6.07, 6.45) is 1.09. The third kappa shape index (κ3) is 4.58. The normalized spacial score (nSPS) is 11.0. The van der Waals surface area contributed by atoms with Crippen molar-refractivity contribution >= 4 is 27.5 Å². The molecule has 0 radical (unpaired) electrons. The maximum atomic E-state index is 10.2. The fraction of sp³-hybridized carbons (Fsp3) is 0.318. The first-order valence-corrected chi connectivity index (χ1v) is 8.41. The van der Waals surface area contributed by atoms with E-state index in [0.717, 1.165) is 6.42 Å². The standard InChI is InChI=1S/C16H14.C6H12O2/c1-2-14-15-9-5-3-7-12(15)11-13-8-4-6-10-16(13)14;1-5(7)8-6(2,3)4/h3-11H,2H2,1H3;1-4H3. The third-order valence-electron chi connectivity index (χ3n) is 3.69. The van der Waals surface area contributed by atoms with Gasteiger partial charge in [-0.15, -0.1) is 0 Å². The summed E-state index contributed by atoms with van der Waals surface area (Å²) in [5.74, 6) is -0.225. The highest BCUT2D eigenvalue weighted by Crippen LogP contribution is 2.28. The van der Waals surface area contributed by atoms with Gasteiger partial charge in [0.25, 0.3) is 0 Å². The van der Waals surface area contributed by atoms with Gasteiger partial charge in [0, 0.05) is 6.92 Å². The third-order valence-corrected chi connectivity index (χ3v) is 3.69. The first-order chi connectivity index (χ1) is 11.3. The molecule has 3 aromatic rings. The van der Waals surface area contributed by atoms with Gasteiger partial charge in [-0.05, 0) is 60.4 Å². The largest absolute Gasteiger partial charge is 0.460 e. The van der Waals surface area contributed by atoms with Gasteiger partial charge in [0.2, 0.25) is 0 Å². The fourth-order valence-corrected chi connectivity index (χ4v) is 2.92. The summed E-state index contributed by atoms with van der Waals surface area (Å²) in [5, 5.41) is 5.48. The minimum Gasteiger partial charge on any atom is -0.460 e. The predicted octanol–water partition coefficient (Wildman–Crippen LogP) is 5.90. The maximum absolute atomic E-state index is 10.2. The molecule has 0 spiro atoms. The van der Waals surface area contributed by atoms with E-state index >= 15 is 0 Å². The highest BCUT2D eigenvalue weighted by atomic mass is 16.6. The van der Waals surface area contributed by atoms with E-state index in [2.05, 4.69) is 61.5 Å². The molecule has 0 heterocycles. The first-order valence-electron chi connectivity index (χ1n) is 8.41. The Kier molecular flexibility index (Phi) is 5.61. The van der Waals surface area contributed by atoms with Crippen LogP contribution in [0.2, 0.25) is 0 Å². The number of ether oxygens (including phenoxy) is 1. The van der Waals surface area contributed by atoms with Gasteiger partial charge in [-0.1, -0.05) is 55.5 Å². The number of carbonyl (C=O) groups excluding carboxylic acids is 1. The van der Waals surface area contributed by atoms with Crippen molar-refractivity contribution in [3.8, 4) is 0 Å². The number of fused-ring (bicyclic) bond motifs is 2. The molecule has 2 nitrogen and oxygen atoms in total. The molecule has 3 aromatic carbocycles. The summed E-state index contributed by atoms with van der Waals surface area (Å²) in [7, 11) is 0. The van der Waals surface area contributed by atoms with Crippen LogP contribution >= 0.6 is 0 Å². The summed E-state index contributed by atoms with van der Waals surface area (Å²) < 4.78 is 4.80. The van der Waals surface area contributed by atoms with Crippen molar-refractivity contribution in [3.05, 3.63) is 60.2 Å². The molecule has 0 bridgehead atoms. The molecule has 0 saturated carbocycles. The average Bonchev–Trinajstić information content (AvgIpc) is 2.50. The van der Waals surface area contributed by atoms with Crippen LogP contribution < -0.4 is 0 Å². The Hall–Kier alpha value is -2.35. The monoisotopic (exact) mass is 322 g/mol. The Balaban J connectivity index is 0.000000224. The van der Waals surface area contributed by atoms with E-state index in [1.807, 2.05) is 20.8 Å². The Morgan fingerprint density at radius 1 is 0.917 bits per heavy atom. The Morgan fingerprint density at radius 2 is 1.38 bits per heavy atom. The number of hydrogen-bond donors (Lipinski definition) is 0. The number of rotatable bonds is 1. The molecule has 126 valence electrons. The van der Waals surface area contributed by atoms with Crippen LogP contribution in [0.3, 0.4) is 0 Å². The van der Waals surface area contributed by atoms with E-state index < -0.39 is 0 Å². The molecule has 0 unspecified atom stereocenters. The lowest BCUT2D eigenvalue weighted by atomic mass is 9.95. The summed E-state index contributed by atoms with van der Waals surface area (Å²) >= 11 is 0. The molecule has 0 saturated heterocycles. The second kappa shape index (κ2) is 7.48. The predicted molar refractivity (Wildman–Crippen MR) is 102 cm³/mol. The van der Waals surface area contributed by atoms with Gasteiger partial charge in [-0.3, -0.25) is 4.79 Å². The van der Waals surface area contributed by atoms with Gasteiger partial charge in [0.15, 0.2) is 0 Å². The minimum atomic E-state index is -0.328. The molecule has 0 aliphatic carbocycles. The molecule has 0 aliphatic rings. The Labute approximate surface area is 144 Å². The van der Waals surface area contributed by atoms with E-state index in [1.54, 1.807) is 0 Å². The van der Waals surface area contributed by atoms with Gasteiger partial charge in [0.05, 0.1) is 0 Å². The van der Waals surface area contributed by atoms with Crippen LogP contribution in [0.1, 0.15) is 40.2 Å². The summed E-state index contributed by atoms with van der Waals surface area (Å²) in [6.45, 7) is 9.16. The quantitative estimate of drug-likeness (QED) is 0.411. The van der Waals surface area contributed by atoms with E-state index in [1.165, 1.54) is 34.0 Å². The lowest BCUT2D eigenvalue weighted by Crippen LogP contribution is -2.21. The number of aryl methyl sites for hydroxylation is 1. The second-order valence-electron chi connectivity index (χ2n) is 6.86. The molecule has 24 heavy (non-hydrogen) atoms. The second-order valence-corrected chi connectivity index (χ2v) is 6.86. The number of benzene rings is 3. The van der Waals surface area contributed by atoms with Crippen LogP contribution in [0.15, 0.2) is 54.6 Å². The molecule has 0 amide bonds. The fourth-order valence-electron chi connectivity index (χ4n) is 2.92. The zero-order valence-corrected chi connectivity index (χ0v) is 15.2. The smallest absolute Gasteiger partial charge is 0.303 e. The van der Waals surface area contributed by atoms with E-state index in [4.69, 9.17) is 4.74 Å². The number of hydrogen-bond acceptors (Lipinski definition) is 2. The minimum absolute atomic E-state index is 0.225. The van der Waals surface area contributed by atoms with Crippen molar-refractivity contribution in [2.24, 2.45) is 0 Å². The maximum Gasteiger partial charge on any atom is 0.303 e. The molecule has 0 N–H and O–H groups in total. The van der Waals surface area contributed by atoms with Crippen molar-refractivity contribution in [3.63, 3.8) is 0 Å². The van der Waals surface area contributed by atoms with Crippen molar-refractivity contribution in [1.29, 1.82) is 0 Å². The van der Waals surface area contributed by atoms with Crippen LogP contribution in [0.4, 0.5) is 0 Å². The zero-order chi connectivity index (χ0) is 17.7. The van der Waals surface area contributed by atoms with Crippen LogP contribution in [0.5, 0.6) is 0 Å². The molecular formula is C22H26O2. The molecule has 0 atom stereocenters. The van der Waals surface area contributed by atoms with Crippen molar-refractivity contribution in [1.82, 2.24) is 0 Å². The van der Waals surface area contributed by atoms with E-state index in [9.17, 15) is 4.79 Å². The SMILES string of the molecule is CC(=O)OC(C)(C)C.CCc1c2ccccc2cc2ccccc12. The molecular weight excluding hydrogens is 296 g/mol. The summed E-state index contributed by atoms with van der Waals surface area (Å²) in [6, 6.07) is 19.6. The zero-order valence-electron chi connectivity index (χ0n) is 15.2. The van der Waals surface area contributed by atoms with Crippen LogP contribution in [-0.4, -0.2) is 11.6 Å². The van der Waals surface area contributed by atoms with Crippen molar-refractivity contribution in [2.75, 3.05) is 0 Å². The lowest BCUT2D eigenvalue weighted by Gasteiger charge is -2.17. The summed E-state index contributed by atoms with van der Waals surface area (Å²) in [5.41, 5.74) is 1.14. The van der Waals surface area contributed by atoms with E-state index in [0.29, 0.717) is 0 Å². The van der Waals surface area contributed by atoms with Gasteiger partial charge in [-0.2, -0.15) is 0 Å². The molecule has 0 fully saturated rings. The van der Waals surface area contributed by atoms with E-state index in [-0.39, 0.29) is 11.6 Å². The van der Waals surface area contributed by atoms with Crippen molar-refractivity contribution in [2.45, 2.75) is 46.6 Å². The van der Waals surface area contributed by atoms with Gasteiger partial charge in [0.1, 0.15) is 5.60 Å². The number of carbonyl (C=O) groups is 1. The van der Waals surface area contributed by atoms with Crippen LogP contribution in [-0.2, 0) is 16.0 Å². The van der Waals surface area contributed by atoms with Crippen molar-refractivity contribution < 1.29 is 9.53 Å². The summed E-state index contributed by atoms with van der Waals surface area (Å²) in [4.78, 5) is 10.2. The first kappa shape index (κ1) is 18.0. The highest BCUT2D eigenvalue weighted by Gasteiger charge is 2.11. The van der Waals surface area contributed by atoms with Gasteiger partial charge >= 0.3 is 5.97 Å². The topological polar surface area (TPSA) is 26.3 Å². The molecule has 0 aromatic heterocycles. The lowest BCUT2D eigenvalue weighted by molar-refractivity contribution is -0.151. The average molecular weight is 322 g/mol. The van der Waals surface area contributed by atoms with Crippen LogP contribution in [0, 0.1) is 0 Å². The molecule has 0 aliphatic heterocycles. The molecule has 2 heteroatoms. The Morgan fingerprint density at radius 3 is 1.71 bits per heavy atom. The Bertz CT molecular complexity index is 787. The molecule has 3 rings (SSSR count). The van der Waals surface area contributed by atoms with Gasteiger partial charge in [-0.25, -0.2) is 0 Å². The van der Waals surface area contributed by atoms with Gasteiger partial charge < -0.3 is 4.74 Å². The highest BCUT2D eigenvalue weighted by molar-refractivity contribution is 6.02.